The van der Waals surface area contributed by atoms with E-state index in [2.05, 4.69) is 25.9 Å². The van der Waals surface area contributed by atoms with E-state index >= 15 is 0 Å². The van der Waals surface area contributed by atoms with E-state index in [0.717, 1.165) is 16.2 Å². The first-order valence-corrected chi connectivity index (χ1v) is 15.6. The van der Waals surface area contributed by atoms with E-state index in [1.807, 2.05) is 60.8 Å². The number of rotatable bonds is 11. The standard InChI is InChI=1S/C34H29N5O3S2/c1-2-30(33(42)39-34-38-29(22-43-34)24-12-5-3-6-13-24)44-27-17-9-16-26(20-27)36-32(41)28(19-23-11-10-18-35-21-23)37-31(40)25-14-7-4-8-15-25/h3-22,30H,2H2,1H3,(H,36,41)(H,37,40)(H,38,39,42)/b28-19-. The van der Waals surface area contributed by atoms with Crippen molar-refractivity contribution in [2.75, 3.05) is 10.6 Å². The third-order valence-electron chi connectivity index (χ3n) is 6.36. The quantitative estimate of drug-likeness (QED) is 0.107. The van der Waals surface area contributed by atoms with Gasteiger partial charge in [0, 0.05) is 39.5 Å². The number of thiazole rings is 1. The number of benzene rings is 3. The number of carbonyl (C=O) groups excluding carboxylic acids is 3. The van der Waals surface area contributed by atoms with Gasteiger partial charge in [-0.15, -0.1) is 23.1 Å². The first-order valence-electron chi connectivity index (χ1n) is 13.9. The van der Waals surface area contributed by atoms with Crippen molar-refractivity contribution in [1.29, 1.82) is 0 Å². The fraction of sp³-hybridized carbons (Fsp3) is 0.0882. The summed E-state index contributed by atoms with van der Waals surface area (Å²) >= 11 is 2.78. The lowest BCUT2D eigenvalue weighted by Crippen LogP contribution is -2.30. The summed E-state index contributed by atoms with van der Waals surface area (Å²) in [5, 5.41) is 10.6. The molecule has 220 valence electrons. The zero-order valence-corrected chi connectivity index (χ0v) is 25.4. The molecule has 2 heterocycles. The molecule has 3 N–H and O–H groups in total. The Kier molecular flexibility index (Phi) is 10.3. The molecule has 0 spiro atoms. The van der Waals surface area contributed by atoms with Crippen molar-refractivity contribution in [2.45, 2.75) is 23.5 Å². The van der Waals surface area contributed by atoms with Gasteiger partial charge in [-0.25, -0.2) is 4.98 Å². The summed E-state index contributed by atoms with van der Waals surface area (Å²) in [7, 11) is 0. The molecular weight excluding hydrogens is 591 g/mol. The van der Waals surface area contributed by atoms with Crippen LogP contribution in [0.5, 0.6) is 0 Å². The second-order valence-electron chi connectivity index (χ2n) is 9.55. The summed E-state index contributed by atoms with van der Waals surface area (Å²) < 4.78 is 0. The van der Waals surface area contributed by atoms with Crippen molar-refractivity contribution in [3.05, 3.63) is 132 Å². The van der Waals surface area contributed by atoms with Crippen LogP contribution in [0.15, 0.2) is 125 Å². The van der Waals surface area contributed by atoms with E-state index in [1.165, 1.54) is 23.1 Å². The normalized spacial score (nSPS) is 11.8. The van der Waals surface area contributed by atoms with Crippen molar-refractivity contribution in [3.63, 3.8) is 0 Å². The summed E-state index contributed by atoms with van der Waals surface area (Å²) in [4.78, 5) is 48.9. The Morgan fingerprint density at radius 1 is 0.909 bits per heavy atom. The third kappa shape index (κ3) is 8.27. The summed E-state index contributed by atoms with van der Waals surface area (Å²) in [5.41, 5.74) is 3.47. The Morgan fingerprint density at radius 3 is 2.41 bits per heavy atom. The van der Waals surface area contributed by atoms with E-state index in [9.17, 15) is 14.4 Å². The minimum atomic E-state index is -0.497. The van der Waals surface area contributed by atoms with Crippen LogP contribution in [0.1, 0.15) is 29.3 Å². The second kappa shape index (κ2) is 14.9. The molecule has 3 aromatic carbocycles. The fourth-order valence-corrected chi connectivity index (χ4v) is 5.90. The molecule has 0 radical (unpaired) electrons. The van der Waals surface area contributed by atoms with Gasteiger partial charge in [0.25, 0.3) is 11.8 Å². The number of pyridine rings is 1. The summed E-state index contributed by atoms with van der Waals surface area (Å²) in [6.45, 7) is 1.95. The van der Waals surface area contributed by atoms with Gasteiger partial charge in [0.1, 0.15) is 5.70 Å². The molecule has 0 aliphatic heterocycles. The minimum Gasteiger partial charge on any atom is -0.321 e. The molecule has 0 saturated heterocycles. The Bertz CT molecular complexity index is 1760. The third-order valence-corrected chi connectivity index (χ3v) is 8.48. The Balaban J connectivity index is 1.26. The average molecular weight is 620 g/mol. The number of amides is 3. The van der Waals surface area contributed by atoms with Gasteiger partial charge in [-0.3, -0.25) is 19.4 Å². The molecule has 0 bridgehead atoms. The minimum absolute atomic E-state index is 0.0639. The molecule has 2 aromatic heterocycles. The van der Waals surface area contributed by atoms with Crippen LogP contribution < -0.4 is 16.0 Å². The highest BCUT2D eigenvalue weighted by Gasteiger charge is 2.20. The maximum atomic E-state index is 13.4. The Hall–Kier alpha value is -5.06. The van der Waals surface area contributed by atoms with E-state index < -0.39 is 11.8 Å². The molecular formula is C34H29N5O3S2. The predicted octanol–water partition coefficient (Wildman–Crippen LogP) is 7.12. The van der Waals surface area contributed by atoms with Gasteiger partial charge < -0.3 is 16.0 Å². The monoisotopic (exact) mass is 619 g/mol. The van der Waals surface area contributed by atoms with Crippen LogP contribution in [0, 0.1) is 0 Å². The maximum absolute atomic E-state index is 13.4. The van der Waals surface area contributed by atoms with Crippen molar-refractivity contribution >= 4 is 57.7 Å². The maximum Gasteiger partial charge on any atom is 0.272 e. The molecule has 5 aromatic rings. The van der Waals surface area contributed by atoms with Crippen LogP contribution in [0.2, 0.25) is 0 Å². The van der Waals surface area contributed by atoms with Gasteiger partial charge in [-0.2, -0.15) is 0 Å². The number of aromatic nitrogens is 2. The Morgan fingerprint density at radius 2 is 1.68 bits per heavy atom. The number of nitrogens with zero attached hydrogens (tertiary/aromatic N) is 2. The number of hydrogen-bond acceptors (Lipinski definition) is 7. The molecule has 0 aliphatic carbocycles. The average Bonchev–Trinajstić information content (AvgIpc) is 3.53. The van der Waals surface area contributed by atoms with Gasteiger partial charge in [-0.1, -0.05) is 67.6 Å². The largest absolute Gasteiger partial charge is 0.321 e. The topological polar surface area (TPSA) is 113 Å². The van der Waals surface area contributed by atoms with Crippen LogP contribution in [0.3, 0.4) is 0 Å². The lowest BCUT2D eigenvalue weighted by Gasteiger charge is -2.15. The number of hydrogen-bond donors (Lipinski definition) is 3. The molecule has 3 amide bonds. The number of carbonyl (C=O) groups is 3. The predicted molar refractivity (Wildman–Crippen MR) is 177 cm³/mol. The van der Waals surface area contributed by atoms with Gasteiger partial charge in [0.15, 0.2) is 5.13 Å². The van der Waals surface area contributed by atoms with Gasteiger partial charge in [0.05, 0.1) is 10.9 Å². The van der Waals surface area contributed by atoms with Gasteiger partial charge in [0.2, 0.25) is 5.91 Å². The van der Waals surface area contributed by atoms with Crippen LogP contribution in [0.4, 0.5) is 10.8 Å². The first kappa shape index (κ1) is 30.4. The highest BCUT2D eigenvalue weighted by molar-refractivity contribution is 8.00. The van der Waals surface area contributed by atoms with E-state index in [4.69, 9.17) is 0 Å². The molecule has 10 heteroatoms. The van der Waals surface area contributed by atoms with Crippen LogP contribution in [0.25, 0.3) is 17.3 Å². The summed E-state index contributed by atoms with van der Waals surface area (Å²) in [6.07, 6.45) is 5.39. The van der Waals surface area contributed by atoms with Crippen LogP contribution in [-0.2, 0) is 9.59 Å². The molecule has 1 atom stereocenters. The zero-order chi connectivity index (χ0) is 30.7. The highest BCUT2D eigenvalue weighted by Crippen LogP contribution is 2.30. The molecule has 0 aliphatic rings. The summed E-state index contributed by atoms with van der Waals surface area (Å²) in [6, 6.07) is 29.3. The summed E-state index contributed by atoms with van der Waals surface area (Å²) in [5.74, 6) is -1.05. The number of nitrogens with one attached hydrogen (secondary N) is 3. The van der Waals surface area contributed by atoms with Crippen molar-refractivity contribution in [1.82, 2.24) is 15.3 Å². The molecule has 0 saturated carbocycles. The van der Waals surface area contributed by atoms with Crippen molar-refractivity contribution < 1.29 is 14.4 Å². The first-order chi connectivity index (χ1) is 21.5. The molecule has 5 rings (SSSR count). The van der Waals surface area contributed by atoms with E-state index in [0.29, 0.717) is 28.4 Å². The number of thioether (sulfide) groups is 1. The van der Waals surface area contributed by atoms with Crippen LogP contribution >= 0.6 is 23.1 Å². The Labute approximate surface area is 263 Å². The van der Waals surface area contributed by atoms with Crippen LogP contribution in [-0.4, -0.2) is 32.9 Å². The molecule has 8 nitrogen and oxygen atoms in total. The van der Waals surface area contributed by atoms with E-state index in [-0.39, 0.29) is 16.9 Å². The molecule has 1 unspecified atom stereocenters. The second-order valence-corrected chi connectivity index (χ2v) is 11.7. The SMILES string of the molecule is CCC(Sc1cccc(NC(=O)/C(=C/c2cccnc2)NC(=O)c2ccccc2)c1)C(=O)Nc1nc(-c2ccccc2)cs1. The fourth-order valence-electron chi connectivity index (χ4n) is 4.16. The lowest BCUT2D eigenvalue weighted by atomic mass is 10.2. The zero-order valence-electron chi connectivity index (χ0n) is 23.8. The smallest absolute Gasteiger partial charge is 0.272 e. The number of anilines is 2. The highest BCUT2D eigenvalue weighted by atomic mass is 32.2. The van der Waals surface area contributed by atoms with E-state index in [1.54, 1.807) is 67.0 Å². The van der Waals surface area contributed by atoms with Gasteiger partial charge in [-0.05, 0) is 54.5 Å². The molecule has 0 fully saturated rings. The van der Waals surface area contributed by atoms with Crippen molar-refractivity contribution in [2.24, 2.45) is 0 Å². The van der Waals surface area contributed by atoms with Gasteiger partial charge >= 0.3 is 0 Å². The lowest BCUT2D eigenvalue weighted by molar-refractivity contribution is -0.116. The molecule has 44 heavy (non-hydrogen) atoms. The van der Waals surface area contributed by atoms with Crippen molar-refractivity contribution in [3.8, 4) is 11.3 Å².